The van der Waals surface area contributed by atoms with E-state index in [1.54, 1.807) is 0 Å². The number of nitrogens with zero attached hydrogens (tertiary/aromatic N) is 3. The molecular formula is C14H16N4O7. The minimum atomic E-state index is -1.28. The highest BCUT2D eigenvalue weighted by atomic mass is 16.6. The van der Waals surface area contributed by atoms with E-state index in [9.17, 15) is 19.5 Å². The Morgan fingerprint density at radius 3 is 2.80 bits per heavy atom. The van der Waals surface area contributed by atoms with Crippen LogP contribution in [-0.2, 0) is 23.8 Å². The molecule has 0 radical (unpaired) electrons. The fraction of sp³-hybridized carbons (Fsp3) is 0.500. The van der Waals surface area contributed by atoms with Crippen LogP contribution in [0.25, 0.3) is 11.2 Å². The number of imidazole rings is 1. The first-order valence-electron chi connectivity index (χ1n) is 7.43. The van der Waals surface area contributed by atoms with Crippen LogP contribution in [0.4, 0.5) is 0 Å². The Labute approximate surface area is 140 Å². The molecule has 0 bridgehead atoms. The lowest BCUT2D eigenvalue weighted by Crippen LogP contribution is -2.38. The number of aliphatic hydroxyl groups is 1. The number of hydrogen-bond donors (Lipinski definition) is 2. The van der Waals surface area contributed by atoms with E-state index in [2.05, 4.69) is 15.0 Å². The summed E-state index contributed by atoms with van der Waals surface area (Å²) in [5.41, 5.74) is -0.169. The van der Waals surface area contributed by atoms with Crippen molar-refractivity contribution in [3.63, 3.8) is 0 Å². The zero-order valence-electron chi connectivity index (χ0n) is 13.4. The Morgan fingerprint density at radius 2 is 2.12 bits per heavy atom. The molecule has 0 aromatic carbocycles. The number of carbonyl (C=O) groups excluding carboxylic acids is 2. The minimum Gasteiger partial charge on any atom is -0.463 e. The maximum Gasteiger partial charge on any atom is 0.303 e. The van der Waals surface area contributed by atoms with Crippen LogP contribution in [0.1, 0.15) is 20.1 Å². The molecule has 11 heteroatoms. The number of H-pyrrole nitrogens is 1. The fourth-order valence-corrected chi connectivity index (χ4v) is 2.67. The summed E-state index contributed by atoms with van der Waals surface area (Å²) in [6.45, 7) is 2.21. The third-order valence-electron chi connectivity index (χ3n) is 3.70. The van der Waals surface area contributed by atoms with Gasteiger partial charge in [0, 0.05) is 13.8 Å². The van der Waals surface area contributed by atoms with Gasteiger partial charge in [-0.15, -0.1) is 0 Å². The number of esters is 2. The summed E-state index contributed by atoms with van der Waals surface area (Å²) in [4.78, 5) is 44.4. The molecule has 3 heterocycles. The van der Waals surface area contributed by atoms with Crippen molar-refractivity contribution in [1.29, 1.82) is 0 Å². The molecule has 1 fully saturated rings. The SMILES string of the molecule is CC(=O)OC[C@H]1O[C@@H](n2cnc3c(=O)[nH]cnc32)[C@H](O)[C@@H]1OC(C)=O. The summed E-state index contributed by atoms with van der Waals surface area (Å²) in [5, 5.41) is 10.5. The van der Waals surface area contributed by atoms with Crippen LogP contribution in [0.5, 0.6) is 0 Å². The van der Waals surface area contributed by atoms with Crippen molar-refractivity contribution >= 4 is 23.1 Å². The summed E-state index contributed by atoms with van der Waals surface area (Å²) in [6.07, 6.45) is -1.75. The number of aromatic nitrogens is 4. The zero-order chi connectivity index (χ0) is 18.1. The van der Waals surface area contributed by atoms with Crippen LogP contribution < -0.4 is 5.56 Å². The van der Waals surface area contributed by atoms with Crippen LogP contribution in [-0.4, -0.2) is 61.5 Å². The van der Waals surface area contributed by atoms with Gasteiger partial charge in [-0.3, -0.25) is 19.0 Å². The molecule has 3 rings (SSSR count). The first kappa shape index (κ1) is 17.0. The van der Waals surface area contributed by atoms with Gasteiger partial charge in [0.15, 0.2) is 23.5 Å². The topological polar surface area (TPSA) is 146 Å². The Morgan fingerprint density at radius 1 is 1.36 bits per heavy atom. The molecule has 25 heavy (non-hydrogen) atoms. The summed E-state index contributed by atoms with van der Waals surface area (Å²) >= 11 is 0. The molecule has 11 nitrogen and oxygen atoms in total. The van der Waals surface area contributed by atoms with Gasteiger partial charge in [-0.2, -0.15) is 0 Å². The molecule has 0 spiro atoms. The van der Waals surface area contributed by atoms with E-state index in [1.807, 2.05) is 0 Å². The Balaban J connectivity index is 1.92. The predicted octanol–water partition coefficient (Wildman–Crippen LogP) is -1.13. The third kappa shape index (κ3) is 3.23. The molecule has 1 aliphatic heterocycles. The molecule has 2 N–H and O–H groups in total. The number of aromatic amines is 1. The van der Waals surface area contributed by atoms with Crippen molar-refractivity contribution in [1.82, 2.24) is 19.5 Å². The van der Waals surface area contributed by atoms with Gasteiger partial charge in [0.25, 0.3) is 5.56 Å². The molecule has 2 aromatic rings. The van der Waals surface area contributed by atoms with Crippen LogP contribution >= 0.6 is 0 Å². The molecule has 0 saturated carbocycles. The van der Waals surface area contributed by atoms with Crippen LogP contribution in [0, 0.1) is 0 Å². The number of hydrogen-bond acceptors (Lipinski definition) is 9. The average Bonchev–Trinajstić information content (AvgIpc) is 3.09. The molecule has 0 amide bonds. The molecule has 0 unspecified atom stereocenters. The first-order valence-corrected chi connectivity index (χ1v) is 7.43. The molecule has 4 atom stereocenters. The summed E-state index contributed by atoms with van der Waals surface area (Å²) in [6, 6.07) is 0. The van der Waals surface area contributed by atoms with E-state index in [4.69, 9.17) is 14.2 Å². The number of fused-ring (bicyclic) bond motifs is 1. The summed E-state index contributed by atoms with van der Waals surface area (Å²) in [5.74, 6) is -1.16. The Bertz CT molecular complexity index is 860. The van der Waals surface area contributed by atoms with Gasteiger partial charge in [-0.1, -0.05) is 0 Å². The number of aliphatic hydroxyl groups excluding tert-OH is 1. The minimum absolute atomic E-state index is 0.0748. The largest absolute Gasteiger partial charge is 0.463 e. The highest BCUT2D eigenvalue weighted by Gasteiger charge is 2.48. The highest BCUT2D eigenvalue weighted by Crippen LogP contribution is 2.33. The van der Waals surface area contributed by atoms with Crippen molar-refractivity contribution in [2.24, 2.45) is 0 Å². The van der Waals surface area contributed by atoms with Gasteiger partial charge in [-0.25, -0.2) is 9.97 Å². The van der Waals surface area contributed by atoms with E-state index in [0.717, 1.165) is 0 Å². The second-order valence-corrected chi connectivity index (χ2v) is 5.49. The standard InChI is InChI=1S/C14H16N4O7/c1-6(19)23-3-8-11(24-7(2)20)10(21)14(25-8)18-5-17-9-12(18)15-4-16-13(9)22/h4-5,8,10-11,14,21H,3H2,1-2H3,(H,15,16,22)/t8-,10-,11-,14-/m1/s1. The van der Waals surface area contributed by atoms with Crippen molar-refractivity contribution in [2.75, 3.05) is 6.61 Å². The second-order valence-electron chi connectivity index (χ2n) is 5.49. The number of rotatable bonds is 4. The van der Waals surface area contributed by atoms with E-state index in [1.165, 1.54) is 31.1 Å². The predicted molar refractivity (Wildman–Crippen MR) is 80.3 cm³/mol. The highest BCUT2D eigenvalue weighted by molar-refractivity contribution is 5.69. The van der Waals surface area contributed by atoms with E-state index >= 15 is 0 Å². The van der Waals surface area contributed by atoms with Gasteiger partial charge in [0.2, 0.25) is 0 Å². The molecular weight excluding hydrogens is 336 g/mol. The quantitative estimate of drug-likeness (QED) is 0.653. The molecule has 1 saturated heterocycles. The van der Waals surface area contributed by atoms with Crippen LogP contribution in [0.15, 0.2) is 17.4 Å². The lowest BCUT2D eigenvalue weighted by atomic mass is 10.1. The van der Waals surface area contributed by atoms with Gasteiger partial charge in [-0.05, 0) is 0 Å². The molecule has 0 aliphatic carbocycles. The second kappa shape index (κ2) is 6.61. The van der Waals surface area contributed by atoms with Crippen LogP contribution in [0.2, 0.25) is 0 Å². The maximum absolute atomic E-state index is 11.7. The first-order chi connectivity index (χ1) is 11.9. The van der Waals surface area contributed by atoms with Gasteiger partial charge < -0.3 is 24.3 Å². The van der Waals surface area contributed by atoms with Gasteiger partial charge >= 0.3 is 11.9 Å². The zero-order valence-corrected chi connectivity index (χ0v) is 13.4. The maximum atomic E-state index is 11.7. The van der Waals surface area contributed by atoms with Crippen molar-refractivity contribution in [2.45, 2.75) is 38.4 Å². The van der Waals surface area contributed by atoms with Crippen molar-refractivity contribution in [3.8, 4) is 0 Å². The van der Waals surface area contributed by atoms with E-state index in [0.29, 0.717) is 0 Å². The van der Waals surface area contributed by atoms with Crippen molar-refractivity contribution in [3.05, 3.63) is 23.0 Å². The number of ether oxygens (including phenoxy) is 3. The third-order valence-corrected chi connectivity index (χ3v) is 3.70. The molecule has 134 valence electrons. The van der Waals surface area contributed by atoms with Crippen molar-refractivity contribution < 1.29 is 28.9 Å². The lowest BCUT2D eigenvalue weighted by molar-refractivity contribution is -0.157. The smallest absolute Gasteiger partial charge is 0.303 e. The summed E-state index contributed by atoms with van der Waals surface area (Å²) < 4.78 is 17.1. The van der Waals surface area contributed by atoms with E-state index in [-0.39, 0.29) is 17.8 Å². The lowest BCUT2D eigenvalue weighted by Gasteiger charge is -2.19. The molecule has 1 aliphatic rings. The van der Waals surface area contributed by atoms with Crippen LogP contribution in [0.3, 0.4) is 0 Å². The normalized spacial score (nSPS) is 25.9. The summed E-state index contributed by atoms with van der Waals surface area (Å²) in [7, 11) is 0. The van der Waals surface area contributed by atoms with Gasteiger partial charge in [0.05, 0.1) is 12.7 Å². The average molecular weight is 352 g/mol. The monoisotopic (exact) mass is 352 g/mol. The number of carbonyl (C=O) groups is 2. The van der Waals surface area contributed by atoms with E-state index < -0.39 is 42.0 Å². The molecule has 2 aromatic heterocycles. The number of nitrogens with one attached hydrogen (secondary N) is 1. The Kier molecular flexibility index (Phi) is 4.51. The fourth-order valence-electron chi connectivity index (χ4n) is 2.67. The van der Waals surface area contributed by atoms with Gasteiger partial charge in [0.1, 0.15) is 18.8 Å². The Hall–Kier alpha value is -2.79.